The number of sulfone groups is 1. The standard InChI is InChI=1S/C32H38F2N6O4S/c1-19(2)39(3)11-12-40(4)28-8-6-25(32(35)41)30(36-22-9-13-44-14-10-22)29(28)31-26-18-23(5-7-27(26)37-38-31)45(42,43)24-16-20(33)15-21(34)17-24/h5-8,15-19,22,36H,9-14H2,1-4H3,(H2,35,41)(H,37,38). The number of benzene rings is 3. The van der Waals surface area contributed by atoms with Crippen molar-refractivity contribution in [1.82, 2.24) is 15.1 Å². The summed E-state index contributed by atoms with van der Waals surface area (Å²) in [4.78, 5) is 16.4. The van der Waals surface area contributed by atoms with Gasteiger partial charge in [0.25, 0.3) is 5.91 Å². The lowest BCUT2D eigenvalue weighted by atomic mass is 9.97. The topological polar surface area (TPSA) is 134 Å². The van der Waals surface area contributed by atoms with Crippen molar-refractivity contribution in [3.8, 4) is 11.3 Å². The first-order valence-electron chi connectivity index (χ1n) is 14.8. The second-order valence-electron chi connectivity index (χ2n) is 11.7. The largest absolute Gasteiger partial charge is 0.381 e. The third-order valence-corrected chi connectivity index (χ3v) is 10.1. The summed E-state index contributed by atoms with van der Waals surface area (Å²) in [6.07, 6.45) is 1.43. The molecule has 0 unspecified atom stereocenters. The van der Waals surface area contributed by atoms with Crippen LogP contribution in [0.2, 0.25) is 0 Å². The van der Waals surface area contributed by atoms with Gasteiger partial charge in [-0.05, 0) is 76.2 Å². The van der Waals surface area contributed by atoms with Crippen LogP contribution >= 0.6 is 0 Å². The molecule has 1 saturated heterocycles. The minimum atomic E-state index is -4.30. The fraction of sp³-hybridized carbons (Fsp3) is 0.375. The van der Waals surface area contributed by atoms with Crippen LogP contribution in [0, 0.1) is 11.6 Å². The van der Waals surface area contributed by atoms with Crippen LogP contribution < -0.4 is 16.0 Å². The number of carbonyl (C=O) groups excluding carboxylic acids is 1. The SMILES string of the molecule is CC(C)N(C)CCN(C)c1ccc(C(N)=O)c(NC2CCOCC2)c1-c1n[nH]c2ccc(S(=O)(=O)c3cc(F)cc(F)c3)cc12. The average molecular weight is 641 g/mol. The first-order valence-corrected chi connectivity index (χ1v) is 16.3. The number of nitrogens with one attached hydrogen (secondary N) is 2. The molecule has 240 valence electrons. The van der Waals surface area contributed by atoms with E-state index in [-0.39, 0.29) is 16.5 Å². The number of hydrogen-bond donors (Lipinski definition) is 3. The van der Waals surface area contributed by atoms with E-state index in [9.17, 15) is 22.0 Å². The molecule has 4 N–H and O–H groups in total. The number of hydrogen-bond acceptors (Lipinski definition) is 8. The first kappa shape index (κ1) is 32.3. The molecule has 0 spiro atoms. The highest BCUT2D eigenvalue weighted by molar-refractivity contribution is 7.91. The van der Waals surface area contributed by atoms with Crippen LogP contribution in [0.25, 0.3) is 22.2 Å². The van der Waals surface area contributed by atoms with Crippen LogP contribution in [-0.2, 0) is 14.6 Å². The molecule has 0 radical (unpaired) electrons. The number of aromatic amines is 1. The van der Waals surface area contributed by atoms with Gasteiger partial charge in [-0.1, -0.05) is 0 Å². The van der Waals surface area contributed by atoms with E-state index in [1.807, 2.05) is 20.2 Å². The fourth-order valence-electron chi connectivity index (χ4n) is 5.41. The molecule has 0 saturated carbocycles. The zero-order valence-electron chi connectivity index (χ0n) is 25.7. The summed E-state index contributed by atoms with van der Waals surface area (Å²) < 4.78 is 60.6. The molecule has 1 aromatic heterocycles. The monoisotopic (exact) mass is 640 g/mol. The van der Waals surface area contributed by atoms with E-state index in [4.69, 9.17) is 10.5 Å². The third kappa shape index (κ3) is 6.80. The van der Waals surface area contributed by atoms with E-state index in [2.05, 4.69) is 39.2 Å². The van der Waals surface area contributed by atoms with Gasteiger partial charge in [0.2, 0.25) is 9.84 Å². The number of primary amides is 1. The normalized spacial score (nSPS) is 14.4. The molecule has 1 aliphatic heterocycles. The molecule has 1 aliphatic rings. The summed E-state index contributed by atoms with van der Waals surface area (Å²) in [5, 5.41) is 11.6. The number of halogens is 2. The summed E-state index contributed by atoms with van der Waals surface area (Å²) in [7, 11) is -0.315. The molecule has 1 amide bonds. The number of nitrogens with zero attached hydrogens (tertiary/aromatic N) is 3. The van der Waals surface area contributed by atoms with Gasteiger partial charge in [-0.3, -0.25) is 9.89 Å². The Hall–Kier alpha value is -4.07. The molecule has 4 aromatic rings. The number of H-pyrrole nitrogens is 1. The summed E-state index contributed by atoms with van der Waals surface area (Å²) in [6, 6.07) is 10.4. The van der Waals surface area contributed by atoms with Gasteiger partial charge in [0, 0.05) is 62.6 Å². The van der Waals surface area contributed by atoms with Crippen molar-refractivity contribution >= 4 is 38.0 Å². The Morgan fingerprint density at radius 1 is 1.04 bits per heavy atom. The molecule has 10 nitrogen and oxygen atoms in total. The van der Waals surface area contributed by atoms with Crippen molar-refractivity contribution in [2.75, 3.05) is 50.6 Å². The zero-order valence-corrected chi connectivity index (χ0v) is 26.5. The number of amides is 1. The molecule has 13 heteroatoms. The van der Waals surface area contributed by atoms with Crippen LogP contribution in [0.15, 0.2) is 58.3 Å². The van der Waals surface area contributed by atoms with E-state index in [1.165, 1.54) is 12.1 Å². The number of likely N-dealkylation sites (N-methyl/N-ethyl adjacent to an activating group) is 2. The van der Waals surface area contributed by atoms with Gasteiger partial charge in [-0.25, -0.2) is 17.2 Å². The Morgan fingerprint density at radius 3 is 2.38 bits per heavy atom. The highest BCUT2D eigenvalue weighted by Crippen LogP contribution is 2.43. The van der Waals surface area contributed by atoms with Gasteiger partial charge in [-0.15, -0.1) is 0 Å². The maximum atomic E-state index is 14.0. The Kier molecular flexibility index (Phi) is 9.42. The van der Waals surface area contributed by atoms with Crippen molar-refractivity contribution in [2.24, 2.45) is 5.73 Å². The van der Waals surface area contributed by atoms with Gasteiger partial charge in [0.15, 0.2) is 0 Å². The van der Waals surface area contributed by atoms with Gasteiger partial charge < -0.3 is 25.6 Å². The van der Waals surface area contributed by atoms with Crippen molar-refractivity contribution in [1.29, 1.82) is 0 Å². The second kappa shape index (κ2) is 13.1. The Morgan fingerprint density at radius 2 is 1.73 bits per heavy atom. The third-order valence-electron chi connectivity index (χ3n) is 8.33. The molecular weight excluding hydrogens is 602 g/mol. The predicted molar refractivity (Wildman–Crippen MR) is 170 cm³/mol. The molecule has 3 aromatic carbocycles. The van der Waals surface area contributed by atoms with E-state index in [0.29, 0.717) is 72.6 Å². The van der Waals surface area contributed by atoms with Gasteiger partial charge in [0.1, 0.15) is 17.3 Å². The van der Waals surface area contributed by atoms with Crippen molar-refractivity contribution in [3.63, 3.8) is 0 Å². The Bertz CT molecular complexity index is 1800. The van der Waals surface area contributed by atoms with Crippen LogP contribution in [0.5, 0.6) is 0 Å². The Labute approximate surface area is 261 Å². The lowest BCUT2D eigenvalue weighted by Gasteiger charge is -2.30. The number of carbonyl (C=O) groups is 1. The quantitative estimate of drug-likeness (QED) is 0.213. The van der Waals surface area contributed by atoms with Crippen LogP contribution in [-0.4, -0.2) is 81.9 Å². The van der Waals surface area contributed by atoms with Crippen molar-refractivity contribution in [2.45, 2.75) is 48.6 Å². The number of anilines is 2. The van der Waals surface area contributed by atoms with E-state index >= 15 is 0 Å². The number of aromatic nitrogens is 2. The number of nitrogens with two attached hydrogens (primary N) is 1. The lowest BCUT2D eigenvalue weighted by molar-refractivity contribution is 0.0904. The van der Waals surface area contributed by atoms with E-state index in [1.54, 1.807) is 12.1 Å². The summed E-state index contributed by atoms with van der Waals surface area (Å²) >= 11 is 0. The maximum absolute atomic E-state index is 14.0. The molecule has 45 heavy (non-hydrogen) atoms. The fourth-order valence-corrected chi connectivity index (χ4v) is 6.74. The Balaban J connectivity index is 1.70. The van der Waals surface area contributed by atoms with E-state index in [0.717, 1.165) is 24.4 Å². The molecular formula is C32H38F2N6O4S. The van der Waals surface area contributed by atoms with Gasteiger partial charge in [-0.2, -0.15) is 5.10 Å². The van der Waals surface area contributed by atoms with Crippen molar-refractivity contribution in [3.05, 3.63) is 65.7 Å². The molecule has 2 heterocycles. The maximum Gasteiger partial charge on any atom is 0.250 e. The second-order valence-corrected chi connectivity index (χ2v) is 13.6. The first-order chi connectivity index (χ1) is 21.4. The number of rotatable bonds is 11. The average Bonchev–Trinajstić information content (AvgIpc) is 3.42. The number of ether oxygens (including phenoxy) is 1. The minimum Gasteiger partial charge on any atom is -0.381 e. The summed E-state index contributed by atoms with van der Waals surface area (Å²) in [5.41, 5.74) is 8.90. The summed E-state index contributed by atoms with van der Waals surface area (Å²) in [5.74, 6) is -2.63. The molecule has 1 fully saturated rings. The molecule has 5 rings (SSSR count). The predicted octanol–water partition coefficient (Wildman–Crippen LogP) is 4.81. The van der Waals surface area contributed by atoms with Crippen LogP contribution in [0.3, 0.4) is 0 Å². The minimum absolute atomic E-state index is 0.00718. The zero-order chi connectivity index (χ0) is 32.5. The lowest BCUT2D eigenvalue weighted by Crippen LogP contribution is -2.35. The van der Waals surface area contributed by atoms with Gasteiger partial charge in [0.05, 0.1) is 32.1 Å². The number of fused-ring (bicyclic) bond motifs is 1. The van der Waals surface area contributed by atoms with Crippen LogP contribution in [0.1, 0.15) is 37.0 Å². The molecule has 0 atom stereocenters. The highest BCUT2D eigenvalue weighted by atomic mass is 32.2. The van der Waals surface area contributed by atoms with Crippen LogP contribution in [0.4, 0.5) is 20.2 Å². The highest BCUT2D eigenvalue weighted by Gasteiger charge is 2.28. The van der Waals surface area contributed by atoms with E-state index < -0.39 is 32.3 Å². The smallest absolute Gasteiger partial charge is 0.250 e. The van der Waals surface area contributed by atoms with Crippen molar-refractivity contribution < 1.29 is 26.7 Å². The molecule has 0 bridgehead atoms. The van der Waals surface area contributed by atoms with Gasteiger partial charge >= 0.3 is 0 Å². The summed E-state index contributed by atoms with van der Waals surface area (Å²) in [6.45, 7) is 6.75. The molecule has 0 aliphatic carbocycles.